The quantitative estimate of drug-likeness (QED) is 0.626. The van der Waals surface area contributed by atoms with Crippen molar-refractivity contribution in [2.24, 2.45) is 0 Å². The van der Waals surface area contributed by atoms with Crippen LogP contribution in [-0.2, 0) is 9.53 Å². The smallest absolute Gasteiger partial charge is 0.325 e. The molecule has 0 aromatic rings. The van der Waals surface area contributed by atoms with E-state index in [9.17, 15) is 4.79 Å². The van der Waals surface area contributed by atoms with Gasteiger partial charge in [0.25, 0.3) is 0 Å². The molecule has 1 atom stereocenters. The SMILES string of the molecule is CCC(CC)N(C)CCCC(C)(NC1CC1)C(=O)OC. The van der Waals surface area contributed by atoms with E-state index in [2.05, 4.69) is 31.1 Å². The van der Waals surface area contributed by atoms with Crippen LogP contribution in [-0.4, -0.2) is 49.2 Å². The summed E-state index contributed by atoms with van der Waals surface area (Å²) >= 11 is 0. The molecule has 1 fully saturated rings. The van der Waals surface area contributed by atoms with Gasteiger partial charge < -0.3 is 9.64 Å². The zero-order valence-corrected chi connectivity index (χ0v) is 13.9. The van der Waals surface area contributed by atoms with Crippen LogP contribution in [0.15, 0.2) is 0 Å². The van der Waals surface area contributed by atoms with E-state index in [4.69, 9.17) is 4.74 Å². The van der Waals surface area contributed by atoms with Crippen LogP contribution < -0.4 is 5.32 Å². The first kappa shape index (κ1) is 17.4. The van der Waals surface area contributed by atoms with Crippen molar-refractivity contribution in [3.05, 3.63) is 0 Å². The molecule has 4 nitrogen and oxygen atoms in total. The Kier molecular flexibility index (Phi) is 6.96. The van der Waals surface area contributed by atoms with Gasteiger partial charge in [0, 0.05) is 12.1 Å². The predicted octanol–water partition coefficient (Wildman–Crippen LogP) is 2.57. The minimum atomic E-state index is -0.523. The van der Waals surface area contributed by atoms with Gasteiger partial charge in [0.2, 0.25) is 0 Å². The van der Waals surface area contributed by atoms with Gasteiger partial charge in [-0.3, -0.25) is 10.1 Å². The summed E-state index contributed by atoms with van der Waals surface area (Å²) < 4.78 is 4.98. The standard InChI is InChI=1S/C16H32N2O2/c1-6-14(7-2)18(4)12-8-11-16(3,15(19)20-5)17-13-9-10-13/h13-14,17H,6-12H2,1-5H3. The van der Waals surface area contributed by atoms with Crippen LogP contribution >= 0.6 is 0 Å². The van der Waals surface area contributed by atoms with Gasteiger partial charge in [0.1, 0.15) is 5.54 Å². The molecule has 20 heavy (non-hydrogen) atoms. The molecule has 0 aromatic heterocycles. The van der Waals surface area contributed by atoms with Crippen molar-refractivity contribution in [1.82, 2.24) is 10.2 Å². The van der Waals surface area contributed by atoms with Gasteiger partial charge in [-0.2, -0.15) is 0 Å². The summed E-state index contributed by atoms with van der Waals surface area (Å²) in [5.41, 5.74) is -0.523. The number of ether oxygens (including phenoxy) is 1. The van der Waals surface area contributed by atoms with Crippen molar-refractivity contribution in [2.75, 3.05) is 20.7 Å². The van der Waals surface area contributed by atoms with Crippen LogP contribution in [0.2, 0.25) is 0 Å². The van der Waals surface area contributed by atoms with Crippen molar-refractivity contribution in [3.63, 3.8) is 0 Å². The number of hydrogen-bond donors (Lipinski definition) is 1. The summed E-state index contributed by atoms with van der Waals surface area (Å²) in [5.74, 6) is -0.130. The molecule has 0 aliphatic heterocycles. The maximum absolute atomic E-state index is 12.0. The van der Waals surface area contributed by atoms with Crippen molar-refractivity contribution >= 4 is 5.97 Å². The lowest BCUT2D eigenvalue weighted by molar-refractivity contribution is -0.148. The number of carbonyl (C=O) groups excluding carboxylic acids is 1. The molecule has 0 heterocycles. The Bertz CT molecular complexity index is 301. The first-order chi connectivity index (χ1) is 9.46. The number of nitrogens with zero attached hydrogens (tertiary/aromatic N) is 1. The van der Waals surface area contributed by atoms with Gasteiger partial charge in [-0.1, -0.05) is 13.8 Å². The molecule has 118 valence electrons. The predicted molar refractivity (Wildman–Crippen MR) is 82.8 cm³/mol. The highest BCUT2D eigenvalue weighted by Gasteiger charge is 2.38. The summed E-state index contributed by atoms with van der Waals surface area (Å²) in [4.78, 5) is 14.4. The zero-order chi connectivity index (χ0) is 15.2. The lowest BCUT2D eigenvalue weighted by atomic mass is 9.95. The fraction of sp³-hybridized carbons (Fsp3) is 0.938. The largest absolute Gasteiger partial charge is 0.468 e. The number of esters is 1. The maximum atomic E-state index is 12.0. The van der Waals surface area contributed by atoms with E-state index >= 15 is 0 Å². The Balaban J connectivity index is 2.43. The van der Waals surface area contributed by atoms with Crippen LogP contribution in [0.5, 0.6) is 0 Å². The minimum absolute atomic E-state index is 0.130. The summed E-state index contributed by atoms with van der Waals surface area (Å²) in [5, 5.41) is 3.46. The van der Waals surface area contributed by atoms with Crippen LogP contribution in [0.3, 0.4) is 0 Å². The highest BCUT2D eigenvalue weighted by atomic mass is 16.5. The summed E-state index contributed by atoms with van der Waals surface area (Å²) in [6, 6.07) is 1.16. The molecule has 4 heteroatoms. The second kappa shape index (κ2) is 7.99. The minimum Gasteiger partial charge on any atom is -0.468 e. The number of hydrogen-bond acceptors (Lipinski definition) is 4. The van der Waals surface area contributed by atoms with E-state index in [1.54, 1.807) is 0 Å². The van der Waals surface area contributed by atoms with E-state index in [0.29, 0.717) is 12.1 Å². The van der Waals surface area contributed by atoms with Crippen molar-refractivity contribution in [3.8, 4) is 0 Å². The lowest BCUT2D eigenvalue weighted by Gasteiger charge is -2.30. The Labute approximate surface area is 124 Å². The topological polar surface area (TPSA) is 41.6 Å². The number of carbonyl (C=O) groups is 1. The summed E-state index contributed by atoms with van der Waals surface area (Å²) in [6.07, 6.45) is 6.57. The Morgan fingerprint density at radius 1 is 1.40 bits per heavy atom. The molecular weight excluding hydrogens is 252 g/mol. The molecule has 0 aromatic carbocycles. The first-order valence-electron chi connectivity index (χ1n) is 8.03. The Morgan fingerprint density at radius 3 is 2.45 bits per heavy atom. The molecule has 0 amide bonds. The van der Waals surface area contributed by atoms with Crippen LogP contribution in [0.1, 0.15) is 59.3 Å². The van der Waals surface area contributed by atoms with E-state index in [1.807, 2.05) is 6.92 Å². The van der Waals surface area contributed by atoms with Crippen LogP contribution in [0.25, 0.3) is 0 Å². The van der Waals surface area contributed by atoms with Gasteiger partial charge >= 0.3 is 5.97 Å². The third kappa shape index (κ3) is 5.06. The Morgan fingerprint density at radius 2 is 2.00 bits per heavy atom. The number of nitrogens with one attached hydrogen (secondary N) is 1. The van der Waals surface area contributed by atoms with Gasteiger partial charge in [-0.05, 0) is 59.0 Å². The molecule has 1 saturated carbocycles. The fourth-order valence-electron chi connectivity index (χ4n) is 2.91. The van der Waals surface area contributed by atoms with Crippen LogP contribution in [0.4, 0.5) is 0 Å². The average molecular weight is 284 g/mol. The first-order valence-corrected chi connectivity index (χ1v) is 8.03. The zero-order valence-electron chi connectivity index (χ0n) is 13.9. The monoisotopic (exact) mass is 284 g/mol. The van der Waals surface area contributed by atoms with Crippen LogP contribution in [0, 0.1) is 0 Å². The van der Waals surface area contributed by atoms with Crippen molar-refractivity contribution in [2.45, 2.75) is 76.9 Å². The molecule has 0 bridgehead atoms. The van der Waals surface area contributed by atoms with E-state index in [0.717, 1.165) is 19.4 Å². The molecule has 1 N–H and O–H groups in total. The van der Waals surface area contributed by atoms with Crippen molar-refractivity contribution in [1.29, 1.82) is 0 Å². The molecule has 0 radical (unpaired) electrons. The van der Waals surface area contributed by atoms with Gasteiger partial charge in [0.15, 0.2) is 0 Å². The summed E-state index contributed by atoms with van der Waals surface area (Å²) in [7, 11) is 3.66. The third-order valence-electron chi connectivity index (χ3n) is 4.49. The van der Waals surface area contributed by atoms with Crippen molar-refractivity contribution < 1.29 is 9.53 Å². The van der Waals surface area contributed by atoms with E-state index in [1.165, 1.54) is 32.8 Å². The molecule has 1 rings (SSSR count). The highest BCUT2D eigenvalue weighted by molar-refractivity contribution is 5.80. The van der Waals surface area contributed by atoms with Gasteiger partial charge in [-0.15, -0.1) is 0 Å². The molecule has 1 aliphatic rings. The van der Waals surface area contributed by atoms with E-state index in [-0.39, 0.29) is 5.97 Å². The van der Waals surface area contributed by atoms with Gasteiger partial charge in [-0.25, -0.2) is 0 Å². The van der Waals surface area contributed by atoms with E-state index < -0.39 is 5.54 Å². The molecule has 1 aliphatic carbocycles. The second-order valence-electron chi connectivity index (χ2n) is 6.30. The molecular formula is C16H32N2O2. The lowest BCUT2D eigenvalue weighted by Crippen LogP contribution is -2.51. The fourth-order valence-corrected chi connectivity index (χ4v) is 2.91. The Hall–Kier alpha value is -0.610. The third-order valence-corrected chi connectivity index (χ3v) is 4.49. The maximum Gasteiger partial charge on any atom is 0.325 e. The normalized spacial score (nSPS) is 18.4. The highest BCUT2D eigenvalue weighted by Crippen LogP contribution is 2.25. The average Bonchev–Trinajstić information content (AvgIpc) is 3.22. The molecule has 0 saturated heterocycles. The summed E-state index contributed by atoms with van der Waals surface area (Å²) in [6.45, 7) is 7.48. The molecule has 1 unspecified atom stereocenters. The number of rotatable bonds is 10. The second-order valence-corrected chi connectivity index (χ2v) is 6.30. The number of methoxy groups -OCH3 is 1. The van der Waals surface area contributed by atoms with Gasteiger partial charge in [0.05, 0.1) is 7.11 Å². The molecule has 0 spiro atoms.